The average Bonchev–Trinajstić information content (AvgIpc) is 2.36. The molecule has 2 N–H and O–H groups in total. The molecule has 0 fully saturated rings. The molecule has 0 saturated heterocycles. The van der Waals surface area contributed by atoms with E-state index in [4.69, 9.17) is 5.11 Å². The van der Waals surface area contributed by atoms with Gasteiger partial charge in [0, 0.05) is 13.1 Å². The fraction of sp³-hybridized carbons (Fsp3) is 0.857. The quantitative estimate of drug-likeness (QED) is 0.558. The molecule has 1 atom stereocenters. The second-order valence-electron chi connectivity index (χ2n) is 2.63. The second kappa shape index (κ2) is 3.69. The fourth-order valence-electron chi connectivity index (χ4n) is 1.24. The Morgan fingerprint density at radius 1 is 1.73 bits per heavy atom. The van der Waals surface area contributed by atoms with E-state index in [2.05, 4.69) is 4.99 Å². The van der Waals surface area contributed by atoms with Crippen LogP contribution in [0, 0.1) is 0 Å². The van der Waals surface area contributed by atoms with Crippen molar-refractivity contribution in [1.29, 1.82) is 0 Å². The first-order valence-corrected chi connectivity index (χ1v) is 3.84. The Kier molecular flexibility index (Phi) is 2.84. The lowest BCUT2D eigenvalue weighted by atomic mass is 10.3. The first kappa shape index (κ1) is 8.49. The SMILES string of the molecule is CC(O)C1=NCCN1CCO. The smallest absolute Gasteiger partial charge is 0.128 e. The Hall–Kier alpha value is -0.610. The highest BCUT2D eigenvalue weighted by Crippen LogP contribution is 2.04. The normalized spacial score (nSPS) is 20.3. The Morgan fingerprint density at radius 2 is 2.45 bits per heavy atom. The standard InChI is InChI=1S/C7H14N2O2/c1-6(11)7-8-2-3-9(7)4-5-10/h6,10-11H,2-5H2,1H3. The summed E-state index contributed by atoms with van der Waals surface area (Å²) >= 11 is 0. The summed E-state index contributed by atoms with van der Waals surface area (Å²) in [5.41, 5.74) is 0. The summed E-state index contributed by atoms with van der Waals surface area (Å²) in [7, 11) is 0. The van der Waals surface area contributed by atoms with Gasteiger partial charge in [-0.2, -0.15) is 0 Å². The first-order chi connectivity index (χ1) is 5.25. The maximum Gasteiger partial charge on any atom is 0.128 e. The fourth-order valence-corrected chi connectivity index (χ4v) is 1.24. The lowest BCUT2D eigenvalue weighted by Gasteiger charge is -2.20. The number of aliphatic hydroxyl groups excluding tert-OH is 2. The van der Waals surface area contributed by atoms with Crippen molar-refractivity contribution in [3.05, 3.63) is 0 Å². The molecule has 0 radical (unpaired) electrons. The van der Waals surface area contributed by atoms with E-state index in [-0.39, 0.29) is 6.61 Å². The minimum absolute atomic E-state index is 0.117. The van der Waals surface area contributed by atoms with Crippen LogP contribution in [0.2, 0.25) is 0 Å². The lowest BCUT2D eigenvalue weighted by Crippen LogP contribution is -2.36. The number of β-amino-alcohol motifs (C(OH)–C–C–N with tert-alkyl or cyclic N) is 1. The van der Waals surface area contributed by atoms with Gasteiger partial charge in [0.2, 0.25) is 0 Å². The van der Waals surface area contributed by atoms with Gasteiger partial charge in [-0.05, 0) is 6.92 Å². The molecule has 0 saturated carbocycles. The molecule has 0 aromatic rings. The maximum atomic E-state index is 9.20. The molecule has 0 amide bonds. The van der Waals surface area contributed by atoms with Crippen molar-refractivity contribution in [2.24, 2.45) is 4.99 Å². The highest BCUT2D eigenvalue weighted by Gasteiger charge is 2.19. The van der Waals surface area contributed by atoms with Gasteiger partial charge in [-0.1, -0.05) is 0 Å². The molecular weight excluding hydrogens is 144 g/mol. The summed E-state index contributed by atoms with van der Waals surface area (Å²) in [5, 5.41) is 17.8. The van der Waals surface area contributed by atoms with Crippen molar-refractivity contribution in [3.63, 3.8) is 0 Å². The Bertz CT molecular complexity index is 157. The van der Waals surface area contributed by atoms with Gasteiger partial charge in [0.1, 0.15) is 11.9 Å². The van der Waals surface area contributed by atoms with Crippen molar-refractivity contribution >= 4 is 5.84 Å². The third-order valence-electron chi connectivity index (χ3n) is 1.71. The Balaban J connectivity index is 2.48. The third kappa shape index (κ3) is 1.91. The van der Waals surface area contributed by atoms with Crippen molar-refractivity contribution < 1.29 is 10.2 Å². The molecule has 11 heavy (non-hydrogen) atoms. The van der Waals surface area contributed by atoms with Gasteiger partial charge >= 0.3 is 0 Å². The van der Waals surface area contributed by atoms with Gasteiger partial charge in [0.05, 0.1) is 13.2 Å². The van der Waals surface area contributed by atoms with Gasteiger partial charge in [0.15, 0.2) is 0 Å². The van der Waals surface area contributed by atoms with E-state index in [0.29, 0.717) is 12.4 Å². The number of hydrogen-bond donors (Lipinski definition) is 2. The maximum absolute atomic E-state index is 9.20. The molecule has 64 valence electrons. The molecule has 1 aliphatic heterocycles. The Labute approximate surface area is 66.2 Å². The predicted molar refractivity (Wildman–Crippen MR) is 42.6 cm³/mol. The van der Waals surface area contributed by atoms with Crippen LogP contribution in [0.3, 0.4) is 0 Å². The number of aliphatic imine (C=N–C) groups is 1. The van der Waals surface area contributed by atoms with Crippen LogP contribution in [0.5, 0.6) is 0 Å². The van der Waals surface area contributed by atoms with E-state index in [1.807, 2.05) is 4.90 Å². The number of nitrogens with zero attached hydrogens (tertiary/aromatic N) is 2. The van der Waals surface area contributed by atoms with E-state index in [9.17, 15) is 5.11 Å². The summed E-state index contributed by atoms with van der Waals surface area (Å²) in [4.78, 5) is 6.02. The summed E-state index contributed by atoms with van der Waals surface area (Å²) in [5.74, 6) is 0.707. The van der Waals surface area contributed by atoms with Crippen LogP contribution in [-0.4, -0.2) is 53.3 Å². The average molecular weight is 158 g/mol. The molecular formula is C7H14N2O2. The molecule has 0 spiro atoms. The molecule has 1 aliphatic rings. The monoisotopic (exact) mass is 158 g/mol. The molecule has 0 aromatic carbocycles. The van der Waals surface area contributed by atoms with Crippen LogP contribution < -0.4 is 0 Å². The zero-order valence-corrected chi connectivity index (χ0v) is 6.69. The van der Waals surface area contributed by atoms with E-state index < -0.39 is 6.10 Å². The number of aliphatic hydroxyl groups is 2. The predicted octanol–water partition coefficient (Wildman–Crippen LogP) is -0.926. The van der Waals surface area contributed by atoms with E-state index >= 15 is 0 Å². The van der Waals surface area contributed by atoms with E-state index in [1.54, 1.807) is 6.92 Å². The number of rotatable bonds is 3. The summed E-state index contributed by atoms with van der Waals surface area (Å²) < 4.78 is 0. The van der Waals surface area contributed by atoms with Gasteiger partial charge < -0.3 is 15.1 Å². The van der Waals surface area contributed by atoms with E-state index in [1.165, 1.54) is 0 Å². The highest BCUT2D eigenvalue weighted by atomic mass is 16.3. The zero-order valence-electron chi connectivity index (χ0n) is 6.69. The van der Waals surface area contributed by atoms with Crippen LogP contribution in [-0.2, 0) is 0 Å². The number of hydrogen-bond acceptors (Lipinski definition) is 4. The van der Waals surface area contributed by atoms with Gasteiger partial charge in [0.25, 0.3) is 0 Å². The molecule has 0 aliphatic carbocycles. The minimum Gasteiger partial charge on any atom is -0.395 e. The van der Waals surface area contributed by atoms with Gasteiger partial charge in [-0.15, -0.1) is 0 Å². The van der Waals surface area contributed by atoms with Crippen LogP contribution in [0.25, 0.3) is 0 Å². The molecule has 1 unspecified atom stereocenters. The Morgan fingerprint density at radius 3 is 3.00 bits per heavy atom. The topological polar surface area (TPSA) is 56.1 Å². The van der Waals surface area contributed by atoms with Crippen molar-refractivity contribution in [2.75, 3.05) is 26.2 Å². The van der Waals surface area contributed by atoms with Crippen molar-refractivity contribution in [2.45, 2.75) is 13.0 Å². The number of amidine groups is 1. The van der Waals surface area contributed by atoms with Crippen LogP contribution in [0.4, 0.5) is 0 Å². The summed E-state index contributed by atoms with van der Waals surface area (Å²) in [6.45, 7) is 3.94. The van der Waals surface area contributed by atoms with E-state index in [0.717, 1.165) is 13.1 Å². The molecule has 0 bridgehead atoms. The molecule has 0 aromatic heterocycles. The second-order valence-corrected chi connectivity index (χ2v) is 2.63. The third-order valence-corrected chi connectivity index (χ3v) is 1.71. The molecule has 1 heterocycles. The van der Waals surface area contributed by atoms with Crippen molar-refractivity contribution in [1.82, 2.24) is 4.90 Å². The summed E-state index contributed by atoms with van der Waals surface area (Å²) in [6.07, 6.45) is -0.510. The summed E-state index contributed by atoms with van der Waals surface area (Å²) in [6, 6.07) is 0. The lowest BCUT2D eigenvalue weighted by molar-refractivity contribution is 0.222. The molecule has 1 rings (SSSR count). The minimum atomic E-state index is -0.510. The van der Waals surface area contributed by atoms with Crippen LogP contribution in [0.1, 0.15) is 6.92 Å². The van der Waals surface area contributed by atoms with Crippen molar-refractivity contribution in [3.8, 4) is 0 Å². The van der Waals surface area contributed by atoms with Crippen LogP contribution in [0.15, 0.2) is 4.99 Å². The highest BCUT2D eigenvalue weighted by molar-refractivity contribution is 5.87. The van der Waals surface area contributed by atoms with Crippen LogP contribution >= 0.6 is 0 Å². The molecule has 4 heteroatoms. The first-order valence-electron chi connectivity index (χ1n) is 3.84. The van der Waals surface area contributed by atoms with Gasteiger partial charge in [-0.3, -0.25) is 4.99 Å². The van der Waals surface area contributed by atoms with Gasteiger partial charge in [-0.25, -0.2) is 0 Å². The largest absolute Gasteiger partial charge is 0.395 e. The molecule has 4 nitrogen and oxygen atoms in total. The zero-order chi connectivity index (χ0) is 8.27.